The Hall–Kier alpha value is -4.44. The van der Waals surface area contributed by atoms with Crippen LogP contribution in [0.5, 0.6) is 23.0 Å². The second-order valence-electron chi connectivity index (χ2n) is 8.18. The Balaban J connectivity index is 1.50. The van der Waals surface area contributed by atoms with Gasteiger partial charge in [-0.25, -0.2) is 4.79 Å². The van der Waals surface area contributed by atoms with Gasteiger partial charge in [0.05, 0.1) is 17.3 Å². The van der Waals surface area contributed by atoms with Crippen molar-refractivity contribution < 1.29 is 33.6 Å². The third kappa shape index (κ3) is 4.01. The molecule has 2 aliphatic rings. The molecule has 0 saturated heterocycles. The van der Waals surface area contributed by atoms with Gasteiger partial charge >= 0.3 is 5.97 Å². The molecule has 1 aromatic heterocycles. The van der Waals surface area contributed by atoms with E-state index in [9.17, 15) is 14.7 Å². The molecule has 10 heteroatoms. The smallest absolute Gasteiger partial charge is 0.336 e. The lowest BCUT2D eigenvalue weighted by atomic mass is 9.89. The molecular weight excluding hydrogens is 484 g/mol. The number of aliphatic carboxylic acids is 1. The van der Waals surface area contributed by atoms with Crippen LogP contribution in [0.15, 0.2) is 60.2 Å². The van der Waals surface area contributed by atoms with E-state index < -0.39 is 11.8 Å². The van der Waals surface area contributed by atoms with Crippen LogP contribution in [-0.2, 0) is 11.2 Å². The number of ketones is 1. The van der Waals surface area contributed by atoms with Crippen molar-refractivity contribution in [3.8, 4) is 23.0 Å². The van der Waals surface area contributed by atoms with E-state index in [-0.39, 0.29) is 24.4 Å². The molecule has 0 bridgehead atoms. The molecule has 4 aromatic rings. The predicted octanol–water partition coefficient (Wildman–Crippen LogP) is 4.16. The fourth-order valence-electron chi connectivity index (χ4n) is 4.26. The van der Waals surface area contributed by atoms with Crippen molar-refractivity contribution in [3.05, 3.63) is 76.9 Å². The molecule has 36 heavy (non-hydrogen) atoms. The van der Waals surface area contributed by atoms with Crippen molar-refractivity contribution >= 4 is 40.1 Å². The number of carbonyl (C=O) groups excluding carboxylic acids is 1. The Kier molecular flexibility index (Phi) is 5.49. The second kappa shape index (κ2) is 8.97. The normalized spacial score (nSPS) is 14.4. The monoisotopic (exact) mass is 502 g/mol. The topological polar surface area (TPSA) is 117 Å². The van der Waals surface area contributed by atoms with Crippen LogP contribution in [0.1, 0.15) is 21.5 Å². The Labute approximate surface area is 208 Å². The number of allylic oxidation sites excluding steroid dienone is 1. The largest absolute Gasteiger partial charge is 0.486 e. The minimum Gasteiger partial charge on any atom is -0.486 e. The Morgan fingerprint density at radius 2 is 1.47 bits per heavy atom. The average Bonchev–Trinajstić information content (AvgIpc) is 3.56. The van der Waals surface area contributed by atoms with E-state index in [2.05, 4.69) is 8.75 Å². The summed E-state index contributed by atoms with van der Waals surface area (Å²) >= 11 is 1.04. The highest BCUT2D eigenvalue weighted by Crippen LogP contribution is 2.36. The summed E-state index contributed by atoms with van der Waals surface area (Å²) in [5, 5.41) is 10.3. The number of ether oxygens (including phenoxy) is 4. The summed E-state index contributed by atoms with van der Waals surface area (Å²) in [5.74, 6) is 0.478. The summed E-state index contributed by atoms with van der Waals surface area (Å²) in [6, 6.07) is 15.1. The van der Waals surface area contributed by atoms with Gasteiger partial charge in [0.15, 0.2) is 28.8 Å². The summed E-state index contributed by atoms with van der Waals surface area (Å²) in [6.45, 7) is 0.902. The van der Waals surface area contributed by atoms with Crippen molar-refractivity contribution in [1.82, 2.24) is 8.75 Å². The number of carboxylic acids is 1. The molecule has 6 rings (SSSR count). The van der Waals surface area contributed by atoms with Gasteiger partial charge in [-0.15, -0.1) is 0 Å². The van der Waals surface area contributed by atoms with Gasteiger partial charge in [-0.3, -0.25) is 4.79 Å². The molecular formula is C26H18N2O7S. The van der Waals surface area contributed by atoms with Gasteiger partial charge in [-0.1, -0.05) is 12.1 Å². The highest BCUT2D eigenvalue weighted by Gasteiger charge is 2.26. The van der Waals surface area contributed by atoms with Crippen LogP contribution in [0.25, 0.3) is 16.6 Å². The number of carboxylic acid groups (broad SMARTS) is 1. The van der Waals surface area contributed by atoms with Crippen molar-refractivity contribution in [2.45, 2.75) is 6.42 Å². The molecule has 1 N–H and O–H groups in total. The molecule has 0 fully saturated rings. The Morgan fingerprint density at radius 3 is 2.33 bits per heavy atom. The Bertz CT molecular complexity index is 1560. The maximum absolute atomic E-state index is 13.9. The summed E-state index contributed by atoms with van der Waals surface area (Å²) in [4.78, 5) is 26.5. The number of aromatic nitrogens is 2. The zero-order valence-corrected chi connectivity index (χ0v) is 19.5. The van der Waals surface area contributed by atoms with Crippen molar-refractivity contribution in [2.75, 3.05) is 20.0 Å². The maximum Gasteiger partial charge on any atom is 0.336 e. The first-order chi connectivity index (χ1) is 17.6. The van der Waals surface area contributed by atoms with Gasteiger partial charge in [-0.05, 0) is 53.6 Å². The molecule has 0 aliphatic carbocycles. The molecule has 0 unspecified atom stereocenters. The van der Waals surface area contributed by atoms with Gasteiger partial charge in [-0.2, -0.15) is 8.75 Å². The lowest BCUT2D eigenvalue weighted by Crippen LogP contribution is -2.17. The van der Waals surface area contributed by atoms with Gasteiger partial charge in [0.25, 0.3) is 0 Å². The van der Waals surface area contributed by atoms with Gasteiger partial charge in [0.2, 0.25) is 6.79 Å². The van der Waals surface area contributed by atoms with E-state index in [0.29, 0.717) is 63.9 Å². The lowest BCUT2D eigenvalue weighted by Gasteiger charge is -2.19. The van der Waals surface area contributed by atoms with Gasteiger partial charge in [0.1, 0.15) is 24.2 Å². The molecule has 180 valence electrons. The molecule has 0 spiro atoms. The molecule has 3 heterocycles. The predicted molar refractivity (Wildman–Crippen MR) is 130 cm³/mol. The third-order valence-corrected chi connectivity index (χ3v) is 6.51. The molecule has 3 aromatic carbocycles. The van der Waals surface area contributed by atoms with E-state index in [1.807, 2.05) is 0 Å². The standard InChI is InChI=1S/C26H18N2O7S/c29-25(16-3-6-20-23(12-16)33-8-7-32-20)17(9-14-1-5-21-22(10-14)35-13-34-21)24(26(30)31)15-2-4-18-19(11-15)28-36-27-18/h1-6,10-12H,7-9,13H2,(H,30,31). The summed E-state index contributed by atoms with van der Waals surface area (Å²) in [5.41, 5.74) is 2.59. The first kappa shape index (κ1) is 22.1. The molecule has 9 nitrogen and oxygen atoms in total. The third-order valence-electron chi connectivity index (χ3n) is 5.95. The minimum atomic E-state index is -1.22. The van der Waals surface area contributed by atoms with E-state index in [1.165, 1.54) is 0 Å². The summed E-state index contributed by atoms with van der Waals surface area (Å²) in [6.07, 6.45) is 0.0545. The fourth-order valence-corrected chi connectivity index (χ4v) is 4.78. The maximum atomic E-state index is 13.9. The summed E-state index contributed by atoms with van der Waals surface area (Å²) < 4.78 is 30.5. The van der Waals surface area contributed by atoms with E-state index in [4.69, 9.17) is 18.9 Å². The zero-order chi connectivity index (χ0) is 24.6. The summed E-state index contributed by atoms with van der Waals surface area (Å²) in [7, 11) is 0. The zero-order valence-electron chi connectivity index (χ0n) is 18.7. The number of nitrogens with zero attached hydrogens (tertiary/aromatic N) is 2. The fraction of sp³-hybridized carbons (Fsp3) is 0.154. The lowest BCUT2D eigenvalue weighted by molar-refractivity contribution is -0.130. The number of rotatable bonds is 6. The van der Waals surface area contributed by atoms with Crippen LogP contribution in [-0.4, -0.2) is 45.6 Å². The van der Waals surface area contributed by atoms with Crippen molar-refractivity contribution in [2.24, 2.45) is 0 Å². The SMILES string of the molecule is O=C(O)C(=C(Cc1ccc2c(c1)OCO2)C(=O)c1ccc2c(c1)OCCO2)c1ccc2nsnc2c1. The highest BCUT2D eigenvalue weighted by molar-refractivity contribution is 7.00. The molecule has 0 atom stereocenters. The Morgan fingerprint density at radius 1 is 0.778 bits per heavy atom. The van der Waals surface area contributed by atoms with Crippen LogP contribution in [0.4, 0.5) is 0 Å². The molecule has 0 amide bonds. The van der Waals surface area contributed by atoms with Crippen LogP contribution < -0.4 is 18.9 Å². The van der Waals surface area contributed by atoms with Crippen molar-refractivity contribution in [3.63, 3.8) is 0 Å². The highest BCUT2D eigenvalue weighted by atomic mass is 32.1. The number of hydrogen-bond acceptors (Lipinski definition) is 9. The average molecular weight is 503 g/mol. The number of fused-ring (bicyclic) bond motifs is 3. The number of Topliss-reactive ketones (excluding diaryl/α,β-unsaturated/α-hetero) is 1. The van der Waals surface area contributed by atoms with E-state index >= 15 is 0 Å². The minimum absolute atomic E-state index is 0.0545. The van der Waals surface area contributed by atoms with Crippen LogP contribution >= 0.6 is 11.7 Å². The number of hydrogen-bond donors (Lipinski definition) is 1. The van der Waals surface area contributed by atoms with E-state index in [0.717, 1.165) is 11.7 Å². The van der Waals surface area contributed by atoms with Crippen LogP contribution in [0.2, 0.25) is 0 Å². The van der Waals surface area contributed by atoms with Crippen molar-refractivity contribution in [1.29, 1.82) is 0 Å². The first-order valence-corrected chi connectivity index (χ1v) is 11.8. The quantitative estimate of drug-likeness (QED) is 0.306. The number of carbonyl (C=O) groups is 2. The molecule has 0 radical (unpaired) electrons. The van der Waals surface area contributed by atoms with Gasteiger partial charge < -0.3 is 24.1 Å². The first-order valence-electron chi connectivity index (χ1n) is 11.1. The molecule has 0 saturated carbocycles. The number of benzene rings is 3. The van der Waals surface area contributed by atoms with Crippen LogP contribution in [0.3, 0.4) is 0 Å². The van der Waals surface area contributed by atoms with Gasteiger partial charge in [0, 0.05) is 17.6 Å². The van der Waals surface area contributed by atoms with Crippen LogP contribution in [0, 0.1) is 0 Å². The molecule has 2 aliphatic heterocycles. The second-order valence-corrected chi connectivity index (χ2v) is 8.71. The van der Waals surface area contributed by atoms with E-state index in [1.54, 1.807) is 54.6 Å².